The first-order chi connectivity index (χ1) is 6.70. The van der Waals surface area contributed by atoms with Crippen molar-refractivity contribution in [3.05, 3.63) is 6.42 Å². The minimum absolute atomic E-state index is 1.18. The van der Waals surface area contributed by atoms with Crippen LogP contribution in [0.5, 0.6) is 0 Å². The Bertz CT molecular complexity index is 109. The summed E-state index contributed by atoms with van der Waals surface area (Å²) in [6.07, 6.45) is 6.24. The maximum Gasteiger partial charge on any atom is -0.00162 e. The van der Waals surface area contributed by atoms with Gasteiger partial charge in [-0.3, -0.25) is 0 Å². The van der Waals surface area contributed by atoms with Crippen LogP contribution in [0, 0.1) is 6.42 Å². The molecule has 0 amide bonds. The van der Waals surface area contributed by atoms with Crippen molar-refractivity contribution >= 4 is 0 Å². The van der Waals surface area contributed by atoms with Gasteiger partial charge < -0.3 is 9.80 Å². The van der Waals surface area contributed by atoms with E-state index in [1.54, 1.807) is 0 Å². The molecule has 0 N–H and O–H groups in total. The van der Waals surface area contributed by atoms with Gasteiger partial charge in [-0.2, -0.15) is 0 Å². The summed E-state index contributed by atoms with van der Waals surface area (Å²) >= 11 is 0. The molecule has 0 saturated heterocycles. The van der Waals surface area contributed by atoms with Crippen LogP contribution in [0.3, 0.4) is 0 Å². The van der Waals surface area contributed by atoms with Gasteiger partial charge in [0.15, 0.2) is 0 Å². The van der Waals surface area contributed by atoms with Crippen LogP contribution in [0.1, 0.15) is 33.1 Å². The summed E-state index contributed by atoms with van der Waals surface area (Å²) < 4.78 is 0. The van der Waals surface area contributed by atoms with Crippen LogP contribution < -0.4 is 0 Å². The average molecular weight is 199 g/mol. The lowest BCUT2D eigenvalue weighted by Gasteiger charge is -2.17. The van der Waals surface area contributed by atoms with Gasteiger partial charge in [-0.05, 0) is 66.0 Å². The standard InChI is InChI=1S/C12H27N2/c1-5-14(6-2)12-10-8-7-9-11-13(3)4/h8H,5-7,9-12H2,1-4H3. The minimum atomic E-state index is 1.18. The Hall–Kier alpha value is -0.0800. The van der Waals surface area contributed by atoms with Gasteiger partial charge in [0.05, 0.1) is 0 Å². The maximum absolute atomic E-state index is 2.47. The topological polar surface area (TPSA) is 6.48 Å². The van der Waals surface area contributed by atoms with Crippen molar-refractivity contribution in [1.82, 2.24) is 9.80 Å². The molecule has 0 aliphatic heterocycles. The lowest BCUT2D eigenvalue weighted by Crippen LogP contribution is -2.24. The third-order valence-corrected chi connectivity index (χ3v) is 2.56. The number of unbranched alkanes of at least 4 members (excludes halogenated alkanes) is 3. The zero-order chi connectivity index (χ0) is 10.8. The Labute approximate surface area is 90.3 Å². The summed E-state index contributed by atoms with van der Waals surface area (Å²) in [4.78, 5) is 4.72. The fourth-order valence-corrected chi connectivity index (χ4v) is 1.51. The molecular weight excluding hydrogens is 172 g/mol. The van der Waals surface area contributed by atoms with E-state index in [1.165, 1.54) is 45.4 Å². The van der Waals surface area contributed by atoms with Crippen molar-refractivity contribution in [3.63, 3.8) is 0 Å². The largest absolute Gasteiger partial charge is 0.309 e. The monoisotopic (exact) mass is 199 g/mol. The van der Waals surface area contributed by atoms with Gasteiger partial charge in [0.1, 0.15) is 0 Å². The van der Waals surface area contributed by atoms with Gasteiger partial charge in [0, 0.05) is 0 Å². The van der Waals surface area contributed by atoms with Crippen LogP contribution >= 0.6 is 0 Å². The molecule has 0 unspecified atom stereocenters. The van der Waals surface area contributed by atoms with Crippen molar-refractivity contribution in [2.24, 2.45) is 0 Å². The van der Waals surface area contributed by atoms with Crippen LogP contribution in [0.2, 0.25) is 0 Å². The fourth-order valence-electron chi connectivity index (χ4n) is 1.51. The van der Waals surface area contributed by atoms with E-state index in [0.717, 1.165) is 0 Å². The van der Waals surface area contributed by atoms with E-state index in [9.17, 15) is 0 Å². The second kappa shape index (κ2) is 9.47. The molecule has 0 aliphatic rings. The summed E-state index contributed by atoms with van der Waals surface area (Å²) in [6.45, 7) is 9.27. The van der Waals surface area contributed by atoms with E-state index < -0.39 is 0 Å². The van der Waals surface area contributed by atoms with Crippen molar-refractivity contribution in [1.29, 1.82) is 0 Å². The average Bonchev–Trinajstić information content (AvgIpc) is 2.16. The van der Waals surface area contributed by atoms with E-state index in [0.29, 0.717) is 0 Å². The van der Waals surface area contributed by atoms with E-state index in [2.05, 4.69) is 44.2 Å². The van der Waals surface area contributed by atoms with Crippen LogP contribution in [-0.2, 0) is 0 Å². The third kappa shape index (κ3) is 8.52. The molecule has 1 radical (unpaired) electrons. The molecule has 0 saturated carbocycles. The highest BCUT2D eigenvalue weighted by Gasteiger charge is 1.98. The smallest absolute Gasteiger partial charge is 0.00162 e. The molecule has 0 atom stereocenters. The molecule has 0 aliphatic carbocycles. The molecular formula is C12H27N2. The van der Waals surface area contributed by atoms with E-state index >= 15 is 0 Å². The summed E-state index contributed by atoms with van der Waals surface area (Å²) in [6, 6.07) is 0. The lowest BCUT2D eigenvalue weighted by molar-refractivity contribution is 0.305. The van der Waals surface area contributed by atoms with Crippen LogP contribution in [-0.4, -0.2) is 50.1 Å². The van der Waals surface area contributed by atoms with Crippen molar-refractivity contribution in [2.45, 2.75) is 33.1 Å². The van der Waals surface area contributed by atoms with Crippen molar-refractivity contribution in [3.8, 4) is 0 Å². The van der Waals surface area contributed by atoms with E-state index in [4.69, 9.17) is 0 Å². The highest BCUT2D eigenvalue weighted by atomic mass is 15.1. The Morgan fingerprint density at radius 1 is 0.929 bits per heavy atom. The zero-order valence-electron chi connectivity index (χ0n) is 10.4. The van der Waals surface area contributed by atoms with Gasteiger partial charge in [-0.1, -0.05) is 13.8 Å². The molecule has 0 heterocycles. The quantitative estimate of drug-likeness (QED) is 0.526. The molecule has 2 heteroatoms. The Balaban J connectivity index is 3.12. The maximum atomic E-state index is 2.47. The van der Waals surface area contributed by atoms with Crippen molar-refractivity contribution in [2.75, 3.05) is 40.3 Å². The van der Waals surface area contributed by atoms with Crippen LogP contribution in [0.25, 0.3) is 0 Å². The molecule has 14 heavy (non-hydrogen) atoms. The molecule has 0 aromatic rings. The molecule has 85 valence electrons. The first kappa shape index (κ1) is 13.9. The predicted octanol–water partition coefficient (Wildman–Crippen LogP) is 2.26. The Morgan fingerprint density at radius 2 is 1.57 bits per heavy atom. The second-order valence-corrected chi connectivity index (χ2v) is 4.05. The number of hydrogen-bond donors (Lipinski definition) is 0. The Morgan fingerprint density at radius 3 is 2.07 bits per heavy atom. The van der Waals surface area contributed by atoms with Gasteiger partial charge in [0.2, 0.25) is 0 Å². The number of hydrogen-bond acceptors (Lipinski definition) is 2. The highest BCUT2D eigenvalue weighted by molar-refractivity contribution is 4.67. The zero-order valence-corrected chi connectivity index (χ0v) is 10.4. The predicted molar refractivity (Wildman–Crippen MR) is 64.5 cm³/mol. The minimum Gasteiger partial charge on any atom is -0.309 e. The Kier molecular flexibility index (Phi) is 9.42. The van der Waals surface area contributed by atoms with Gasteiger partial charge in [-0.15, -0.1) is 0 Å². The molecule has 0 rings (SSSR count). The third-order valence-electron chi connectivity index (χ3n) is 2.56. The first-order valence-electron chi connectivity index (χ1n) is 5.89. The lowest BCUT2D eigenvalue weighted by atomic mass is 10.2. The fraction of sp³-hybridized carbons (Fsp3) is 0.917. The first-order valence-corrected chi connectivity index (χ1v) is 5.89. The summed E-state index contributed by atoms with van der Waals surface area (Å²) in [5.74, 6) is 0. The molecule has 0 bridgehead atoms. The molecule has 0 spiro atoms. The normalized spacial score (nSPS) is 11.6. The number of nitrogens with zero attached hydrogens (tertiary/aromatic N) is 2. The SMILES string of the molecule is CCN(CC)CC[CH]CCCN(C)C. The molecule has 0 aromatic carbocycles. The summed E-state index contributed by atoms with van der Waals surface area (Å²) in [7, 11) is 4.27. The van der Waals surface area contributed by atoms with E-state index in [1.807, 2.05) is 0 Å². The van der Waals surface area contributed by atoms with Gasteiger partial charge in [0.25, 0.3) is 0 Å². The second-order valence-electron chi connectivity index (χ2n) is 4.05. The molecule has 2 nitrogen and oxygen atoms in total. The van der Waals surface area contributed by atoms with E-state index in [-0.39, 0.29) is 0 Å². The van der Waals surface area contributed by atoms with Crippen LogP contribution in [0.15, 0.2) is 0 Å². The number of rotatable bonds is 9. The summed E-state index contributed by atoms with van der Waals surface area (Å²) in [5.41, 5.74) is 0. The molecule has 0 fully saturated rings. The van der Waals surface area contributed by atoms with Crippen LogP contribution in [0.4, 0.5) is 0 Å². The highest BCUT2D eigenvalue weighted by Crippen LogP contribution is 2.00. The van der Waals surface area contributed by atoms with Gasteiger partial charge in [-0.25, -0.2) is 0 Å². The van der Waals surface area contributed by atoms with Gasteiger partial charge >= 0.3 is 0 Å². The molecule has 0 aromatic heterocycles. The van der Waals surface area contributed by atoms with Crippen molar-refractivity contribution < 1.29 is 0 Å². The summed E-state index contributed by atoms with van der Waals surface area (Å²) in [5, 5.41) is 0.